The van der Waals surface area contributed by atoms with E-state index in [0.717, 1.165) is 24.8 Å². The molecule has 3 atom stereocenters. The third kappa shape index (κ3) is 5.83. The summed E-state index contributed by atoms with van der Waals surface area (Å²) in [6, 6.07) is 13.2. The third-order valence-corrected chi connectivity index (χ3v) is 5.48. The van der Waals surface area contributed by atoms with Gasteiger partial charge in [-0.1, -0.05) is 36.4 Å². The van der Waals surface area contributed by atoms with Crippen molar-refractivity contribution in [2.75, 3.05) is 18.5 Å². The highest BCUT2D eigenvalue weighted by Crippen LogP contribution is 2.29. The molecule has 2 aromatic carbocycles. The highest BCUT2D eigenvalue weighted by Gasteiger charge is 2.27. The number of rotatable bonds is 9. The molecule has 0 fully saturated rings. The summed E-state index contributed by atoms with van der Waals surface area (Å²) in [4.78, 5) is 25.1. The number of carbonyl (C=O) groups is 2. The van der Waals surface area contributed by atoms with E-state index in [1.807, 2.05) is 18.2 Å². The van der Waals surface area contributed by atoms with Gasteiger partial charge >= 0.3 is 0 Å². The van der Waals surface area contributed by atoms with E-state index in [1.54, 1.807) is 24.3 Å². The fourth-order valence-corrected chi connectivity index (χ4v) is 3.82. The molecule has 0 saturated heterocycles. The first-order valence-corrected chi connectivity index (χ1v) is 10.5. The number of amides is 2. The SMILES string of the molecule is N=C(N)c1cccc(NC(C(=O)NCC(=O)NC2CCCc3ccccc32)C(O)CO)c1. The number of hydrogen-bond donors (Lipinski definition) is 7. The molecule has 3 unspecified atom stereocenters. The van der Waals surface area contributed by atoms with Crippen molar-refractivity contribution < 1.29 is 19.8 Å². The molecule has 3 rings (SSSR count). The standard InChI is InChI=1S/C23H29N5O4/c24-22(25)15-7-3-8-16(11-15)27-21(19(30)13-29)23(32)26-12-20(31)28-18-10-4-6-14-5-1-2-9-17(14)18/h1-3,5,7-9,11,18-19,21,27,29-30H,4,6,10,12-13H2,(H3,24,25)(H,26,32)(H,28,31). The van der Waals surface area contributed by atoms with E-state index in [2.05, 4.69) is 22.0 Å². The van der Waals surface area contributed by atoms with Crippen LogP contribution in [0.25, 0.3) is 0 Å². The van der Waals surface area contributed by atoms with Gasteiger partial charge in [0, 0.05) is 11.3 Å². The monoisotopic (exact) mass is 439 g/mol. The molecule has 1 aliphatic carbocycles. The Kier molecular flexibility index (Phi) is 7.80. The Morgan fingerprint density at radius 3 is 2.72 bits per heavy atom. The van der Waals surface area contributed by atoms with Crippen LogP contribution in [0.15, 0.2) is 48.5 Å². The Morgan fingerprint density at radius 2 is 1.97 bits per heavy atom. The molecular weight excluding hydrogens is 410 g/mol. The molecule has 0 bridgehead atoms. The number of hydrogen-bond acceptors (Lipinski definition) is 6. The first-order valence-electron chi connectivity index (χ1n) is 10.5. The van der Waals surface area contributed by atoms with Gasteiger partial charge in [-0.3, -0.25) is 15.0 Å². The lowest BCUT2D eigenvalue weighted by Crippen LogP contribution is -2.50. The Labute approximate surface area is 186 Å². The van der Waals surface area contributed by atoms with Crippen LogP contribution in [0.3, 0.4) is 0 Å². The quantitative estimate of drug-likeness (QED) is 0.221. The average molecular weight is 440 g/mol. The molecule has 8 N–H and O–H groups in total. The summed E-state index contributed by atoms with van der Waals surface area (Å²) in [6.07, 6.45) is 1.39. The molecule has 32 heavy (non-hydrogen) atoms. The summed E-state index contributed by atoms with van der Waals surface area (Å²) >= 11 is 0. The van der Waals surface area contributed by atoms with Crippen LogP contribution in [0.1, 0.15) is 35.6 Å². The maximum absolute atomic E-state index is 12.7. The second-order valence-corrected chi connectivity index (χ2v) is 7.80. The molecule has 1 aliphatic rings. The fraction of sp³-hybridized carbons (Fsp3) is 0.348. The highest BCUT2D eigenvalue weighted by molar-refractivity contribution is 5.96. The van der Waals surface area contributed by atoms with E-state index < -0.39 is 24.7 Å². The molecule has 0 heterocycles. The van der Waals surface area contributed by atoms with Crippen molar-refractivity contribution in [2.24, 2.45) is 5.73 Å². The maximum Gasteiger partial charge on any atom is 0.245 e. The van der Waals surface area contributed by atoms with Crippen LogP contribution in [-0.2, 0) is 16.0 Å². The first kappa shape index (κ1) is 23.2. The zero-order valence-electron chi connectivity index (χ0n) is 17.7. The van der Waals surface area contributed by atoms with Gasteiger partial charge in [-0.25, -0.2) is 0 Å². The number of aliphatic hydroxyl groups excluding tert-OH is 2. The molecule has 170 valence electrons. The van der Waals surface area contributed by atoms with E-state index in [0.29, 0.717) is 11.3 Å². The maximum atomic E-state index is 12.7. The highest BCUT2D eigenvalue weighted by atomic mass is 16.3. The van der Waals surface area contributed by atoms with Crippen molar-refractivity contribution >= 4 is 23.3 Å². The van der Waals surface area contributed by atoms with Gasteiger partial charge in [-0.15, -0.1) is 0 Å². The zero-order valence-corrected chi connectivity index (χ0v) is 17.7. The average Bonchev–Trinajstić information content (AvgIpc) is 2.81. The minimum Gasteiger partial charge on any atom is -0.394 e. The number of aryl methyl sites for hydroxylation is 1. The van der Waals surface area contributed by atoms with E-state index in [1.165, 1.54) is 5.56 Å². The molecule has 9 heteroatoms. The van der Waals surface area contributed by atoms with Crippen molar-refractivity contribution in [3.63, 3.8) is 0 Å². The van der Waals surface area contributed by atoms with Gasteiger partial charge in [-0.2, -0.15) is 0 Å². The second kappa shape index (κ2) is 10.7. The Bertz CT molecular complexity index is 980. The van der Waals surface area contributed by atoms with E-state index >= 15 is 0 Å². The second-order valence-electron chi connectivity index (χ2n) is 7.80. The topological polar surface area (TPSA) is 161 Å². The van der Waals surface area contributed by atoms with Crippen molar-refractivity contribution in [1.82, 2.24) is 10.6 Å². The molecule has 0 spiro atoms. The summed E-state index contributed by atoms with van der Waals surface area (Å²) in [5, 5.41) is 35.3. The number of amidine groups is 1. The molecular formula is C23H29N5O4. The lowest BCUT2D eigenvalue weighted by Gasteiger charge is -2.27. The summed E-state index contributed by atoms with van der Waals surface area (Å²) in [5.41, 5.74) is 8.69. The molecule has 9 nitrogen and oxygen atoms in total. The van der Waals surface area contributed by atoms with E-state index in [-0.39, 0.29) is 24.3 Å². The number of aliphatic hydroxyl groups is 2. The van der Waals surface area contributed by atoms with Crippen LogP contribution in [0.5, 0.6) is 0 Å². The van der Waals surface area contributed by atoms with Gasteiger partial charge < -0.3 is 31.9 Å². The Balaban J connectivity index is 1.60. The number of nitrogens with two attached hydrogens (primary N) is 1. The number of fused-ring (bicyclic) bond motifs is 1. The lowest BCUT2D eigenvalue weighted by molar-refractivity contribution is -0.128. The van der Waals surface area contributed by atoms with Gasteiger partial charge in [0.25, 0.3) is 0 Å². The van der Waals surface area contributed by atoms with Gasteiger partial charge in [0.15, 0.2) is 0 Å². The number of carbonyl (C=O) groups excluding carboxylic acids is 2. The number of anilines is 1. The molecule has 0 aromatic heterocycles. The minimum atomic E-state index is -1.40. The van der Waals surface area contributed by atoms with Crippen molar-refractivity contribution in [3.8, 4) is 0 Å². The molecule has 2 amide bonds. The largest absolute Gasteiger partial charge is 0.394 e. The molecule has 0 saturated carbocycles. The van der Waals surface area contributed by atoms with Gasteiger partial charge in [-0.05, 0) is 42.5 Å². The predicted octanol–water partition coefficient (Wildman–Crippen LogP) is 0.414. The smallest absolute Gasteiger partial charge is 0.245 e. The van der Waals surface area contributed by atoms with Crippen LogP contribution in [0, 0.1) is 5.41 Å². The van der Waals surface area contributed by atoms with Gasteiger partial charge in [0.2, 0.25) is 11.8 Å². The molecule has 0 radical (unpaired) electrons. The fourth-order valence-electron chi connectivity index (χ4n) is 3.82. The lowest BCUT2D eigenvalue weighted by atomic mass is 9.88. The van der Waals surface area contributed by atoms with E-state index in [9.17, 15) is 19.8 Å². The molecule has 0 aliphatic heterocycles. The van der Waals surface area contributed by atoms with Crippen LogP contribution >= 0.6 is 0 Å². The minimum absolute atomic E-state index is 0.101. The van der Waals surface area contributed by atoms with Crippen molar-refractivity contribution in [2.45, 2.75) is 37.5 Å². The van der Waals surface area contributed by atoms with Crippen LogP contribution in [0.2, 0.25) is 0 Å². The normalized spacial score (nSPS) is 16.9. The number of nitrogen functional groups attached to an aromatic ring is 1. The van der Waals surface area contributed by atoms with E-state index in [4.69, 9.17) is 11.1 Å². The van der Waals surface area contributed by atoms with Gasteiger partial charge in [0.05, 0.1) is 19.2 Å². The summed E-state index contributed by atoms with van der Waals surface area (Å²) in [7, 11) is 0. The zero-order chi connectivity index (χ0) is 23.1. The number of nitrogens with one attached hydrogen (secondary N) is 4. The molecule has 2 aromatic rings. The van der Waals surface area contributed by atoms with Crippen molar-refractivity contribution in [3.05, 3.63) is 65.2 Å². The number of benzene rings is 2. The van der Waals surface area contributed by atoms with Crippen LogP contribution < -0.4 is 21.7 Å². The van der Waals surface area contributed by atoms with Crippen LogP contribution in [0.4, 0.5) is 5.69 Å². The van der Waals surface area contributed by atoms with Crippen molar-refractivity contribution in [1.29, 1.82) is 5.41 Å². The summed E-state index contributed by atoms with van der Waals surface area (Å²) < 4.78 is 0. The Morgan fingerprint density at radius 1 is 1.19 bits per heavy atom. The first-order chi connectivity index (χ1) is 15.4. The Hall–Kier alpha value is -3.43. The predicted molar refractivity (Wildman–Crippen MR) is 121 cm³/mol. The summed E-state index contributed by atoms with van der Waals surface area (Å²) in [5.74, 6) is -1.12. The van der Waals surface area contributed by atoms with Crippen LogP contribution in [-0.4, -0.2) is 53.2 Å². The summed E-state index contributed by atoms with van der Waals surface area (Å²) in [6.45, 7) is -0.913. The third-order valence-electron chi connectivity index (χ3n) is 5.48. The van der Waals surface area contributed by atoms with Gasteiger partial charge in [0.1, 0.15) is 18.0 Å².